The van der Waals surface area contributed by atoms with Gasteiger partial charge >= 0.3 is 0 Å². The summed E-state index contributed by atoms with van der Waals surface area (Å²) in [6, 6.07) is 18.1. The molecule has 0 aliphatic heterocycles. The summed E-state index contributed by atoms with van der Waals surface area (Å²) in [4.78, 5) is 4.45. The lowest BCUT2D eigenvalue weighted by molar-refractivity contribution is 0.175. The number of nitrogens with two attached hydrogens (primary N) is 1. The van der Waals surface area contributed by atoms with Gasteiger partial charge in [-0.15, -0.1) is 0 Å². The van der Waals surface area contributed by atoms with E-state index >= 15 is 0 Å². The number of aryl methyl sites for hydroxylation is 1. The topological polar surface area (TPSA) is 70.6 Å². The molecule has 0 radical (unpaired) electrons. The Morgan fingerprint density at radius 1 is 1.17 bits per heavy atom. The lowest BCUT2D eigenvalue weighted by Gasteiger charge is -2.17. The predicted molar refractivity (Wildman–Crippen MR) is 96.8 cm³/mol. The molecule has 2 aromatic rings. The van der Waals surface area contributed by atoms with Gasteiger partial charge < -0.3 is 16.2 Å². The second kappa shape index (κ2) is 8.34. The van der Waals surface area contributed by atoms with Crippen molar-refractivity contribution in [3.8, 4) is 0 Å². The summed E-state index contributed by atoms with van der Waals surface area (Å²) in [5, 5.41) is 12.8. The number of hydrogen-bond donors (Lipinski definition) is 3. The number of nitrogens with zero attached hydrogens (tertiary/aromatic N) is 1. The van der Waals surface area contributed by atoms with Crippen LogP contribution < -0.4 is 11.1 Å². The lowest BCUT2D eigenvalue weighted by atomic mass is 9.93. The average Bonchev–Trinajstić information content (AvgIpc) is 2.52. The number of aliphatic hydroxyl groups excluding tert-OH is 1. The molecule has 0 aliphatic carbocycles. The van der Waals surface area contributed by atoms with Crippen molar-refractivity contribution in [2.24, 2.45) is 10.7 Å². The average molecular weight is 311 g/mol. The highest BCUT2D eigenvalue weighted by Gasteiger charge is 2.13. The van der Waals surface area contributed by atoms with Gasteiger partial charge in [-0.3, -0.25) is 4.99 Å². The molecule has 0 saturated heterocycles. The monoisotopic (exact) mass is 311 g/mol. The molecular formula is C19H25N3O. The maximum absolute atomic E-state index is 9.72. The van der Waals surface area contributed by atoms with E-state index in [1.807, 2.05) is 49.4 Å². The van der Waals surface area contributed by atoms with Gasteiger partial charge in [-0.1, -0.05) is 42.5 Å². The van der Waals surface area contributed by atoms with Gasteiger partial charge in [-0.05, 0) is 43.5 Å². The van der Waals surface area contributed by atoms with Crippen LogP contribution in [-0.2, 0) is 0 Å². The molecule has 0 amide bonds. The van der Waals surface area contributed by atoms with E-state index in [1.54, 1.807) is 6.92 Å². The van der Waals surface area contributed by atoms with E-state index in [2.05, 4.69) is 22.4 Å². The number of nitrogens with one attached hydrogen (secondary N) is 1. The van der Waals surface area contributed by atoms with Crippen molar-refractivity contribution in [2.75, 3.05) is 11.9 Å². The van der Waals surface area contributed by atoms with Crippen molar-refractivity contribution in [1.82, 2.24) is 0 Å². The molecule has 0 spiro atoms. The van der Waals surface area contributed by atoms with Crippen LogP contribution >= 0.6 is 0 Å². The molecular weight excluding hydrogens is 286 g/mol. The standard InChI is InChI=1S/C19H25N3O/c1-14-7-6-10-18(11-14)22-19(20)21-13-17(12-15(2)23)16-8-4-3-5-9-16/h3-11,15,17,23H,12-13H2,1-2H3,(H3,20,21,22). The molecule has 0 aromatic heterocycles. The third-order valence-corrected chi connectivity index (χ3v) is 3.67. The molecule has 23 heavy (non-hydrogen) atoms. The molecule has 0 heterocycles. The minimum absolute atomic E-state index is 0.147. The summed E-state index contributed by atoms with van der Waals surface area (Å²) >= 11 is 0. The number of aliphatic imine (C=N–C) groups is 1. The summed E-state index contributed by atoms with van der Waals surface area (Å²) in [7, 11) is 0. The van der Waals surface area contributed by atoms with E-state index < -0.39 is 0 Å². The van der Waals surface area contributed by atoms with Crippen LogP contribution in [0.5, 0.6) is 0 Å². The lowest BCUT2D eigenvalue weighted by Crippen LogP contribution is -2.24. The van der Waals surface area contributed by atoms with Gasteiger partial charge in [0, 0.05) is 18.2 Å². The Hall–Kier alpha value is -2.33. The fourth-order valence-corrected chi connectivity index (χ4v) is 2.57. The van der Waals surface area contributed by atoms with Crippen LogP contribution in [-0.4, -0.2) is 23.7 Å². The Morgan fingerprint density at radius 2 is 1.91 bits per heavy atom. The Labute approximate surface area is 138 Å². The zero-order valence-corrected chi connectivity index (χ0v) is 13.7. The molecule has 0 fully saturated rings. The van der Waals surface area contributed by atoms with Crippen molar-refractivity contribution in [1.29, 1.82) is 0 Å². The highest BCUT2D eigenvalue weighted by atomic mass is 16.3. The molecule has 4 nitrogen and oxygen atoms in total. The first-order chi connectivity index (χ1) is 11.0. The quantitative estimate of drug-likeness (QED) is 0.566. The number of guanidine groups is 1. The molecule has 2 rings (SSSR count). The predicted octanol–water partition coefficient (Wildman–Crippen LogP) is 3.28. The van der Waals surface area contributed by atoms with E-state index in [0.29, 0.717) is 18.9 Å². The summed E-state index contributed by atoms with van der Waals surface area (Å²) < 4.78 is 0. The minimum atomic E-state index is -0.374. The summed E-state index contributed by atoms with van der Waals surface area (Å²) in [5.74, 6) is 0.538. The van der Waals surface area contributed by atoms with Gasteiger partial charge in [0.25, 0.3) is 0 Å². The molecule has 4 N–H and O–H groups in total. The highest BCUT2D eigenvalue weighted by Crippen LogP contribution is 2.21. The number of anilines is 1. The molecule has 0 bridgehead atoms. The zero-order chi connectivity index (χ0) is 16.7. The van der Waals surface area contributed by atoms with Crippen LogP contribution in [0.25, 0.3) is 0 Å². The Kier molecular flexibility index (Phi) is 6.18. The fraction of sp³-hybridized carbons (Fsp3) is 0.316. The van der Waals surface area contributed by atoms with E-state index in [4.69, 9.17) is 5.73 Å². The zero-order valence-electron chi connectivity index (χ0n) is 13.7. The van der Waals surface area contributed by atoms with E-state index in [-0.39, 0.29) is 12.0 Å². The third kappa shape index (κ3) is 5.75. The first-order valence-corrected chi connectivity index (χ1v) is 7.91. The molecule has 4 heteroatoms. The highest BCUT2D eigenvalue weighted by molar-refractivity contribution is 5.92. The molecule has 2 aromatic carbocycles. The Morgan fingerprint density at radius 3 is 2.57 bits per heavy atom. The summed E-state index contributed by atoms with van der Waals surface area (Å²) in [6.07, 6.45) is 0.284. The first-order valence-electron chi connectivity index (χ1n) is 7.91. The Balaban J connectivity index is 2.04. The Bertz CT molecular complexity index is 638. The SMILES string of the molecule is Cc1cccc(NC(N)=NCC(CC(C)O)c2ccccc2)c1. The van der Waals surface area contributed by atoms with Crippen molar-refractivity contribution in [2.45, 2.75) is 32.3 Å². The second-order valence-corrected chi connectivity index (χ2v) is 5.91. The van der Waals surface area contributed by atoms with Gasteiger partial charge in [0.05, 0.1) is 6.10 Å². The fourth-order valence-electron chi connectivity index (χ4n) is 2.57. The maximum Gasteiger partial charge on any atom is 0.193 e. The number of rotatable bonds is 6. The van der Waals surface area contributed by atoms with Crippen LogP contribution in [0.15, 0.2) is 59.6 Å². The molecule has 2 unspecified atom stereocenters. The van der Waals surface area contributed by atoms with Crippen molar-refractivity contribution in [3.63, 3.8) is 0 Å². The molecule has 2 atom stereocenters. The van der Waals surface area contributed by atoms with E-state index in [9.17, 15) is 5.11 Å². The number of benzene rings is 2. The smallest absolute Gasteiger partial charge is 0.193 e. The number of hydrogen-bond acceptors (Lipinski definition) is 2. The molecule has 0 saturated carbocycles. The van der Waals surface area contributed by atoms with E-state index in [0.717, 1.165) is 5.69 Å². The van der Waals surface area contributed by atoms with Gasteiger partial charge in [0.1, 0.15) is 0 Å². The second-order valence-electron chi connectivity index (χ2n) is 5.91. The van der Waals surface area contributed by atoms with Crippen LogP contribution in [0.1, 0.15) is 30.4 Å². The maximum atomic E-state index is 9.72. The van der Waals surface area contributed by atoms with Crippen LogP contribution in [0, 0.1) is 6.92 Å². The largest absolute Gasteiger partial charge is 0.393 e. The van der Waals surface area contributed by atoms with Crippen LogP contribution in [0.2, 0.25) is 0 Å². The van der Waals surface area contributed by atoms with Gasteiger partial charge in [0.2, 0.25) is 0 Å². The third-order valence-electron chi connectivity index (χ3n) is 3.67. The van der Waals surface area contributed by atoms with E-state index in [1.165, 1.54) is 11.1 Å². The van der Waals surface area contributed by atoms with Gasteiger partial charge in [0.15, 0.2) is 5.96 Å². The van der Waals surface area contributed by atoms with Gasteiger partial charge in [-0.25, -0.2) is 0 Å². The molecule has 122 valence electrons. The normalized spacial score (nSPS) is 14.3. The number of aliphatic hydroxyl groups is 1. The van der Waals surface area contributed by atoms with Crippen molar-refractivity contribution < 1.29 is 5.11 Å². The summed E-state index contributed by atoms with van der Waals surface area (Å²) in [6.45, 7) is 4.38. The summed E-state index contributed by atoms with van der Waals surface area (Å²) in [5.41, 5.74) is 9.25. The van der Waals surface area contributed by atoms with Crippen molar-refractivity contribution in [3.05, 3.63) is 65.7 Å². The van der Waals surface area contributed by atoms with Crippen LogP contribution in [0.3, 0.4) is 0 Å². The minimum Gasteiger partial charge on any atom is -0.393 e. The van der Waals surface area contributed by atoms with Crippen molar-refractivity contribution >= 4 is 11.6 Å². The van der Waals surface area contributed by atoms with Crippen LogP contribution in [0.4, 0.5) is 5.69 Å². The molecule has 0 aliphatic rings. The first kappa shape index (κ1) is 17.0. The van der Waals surface area contributed by atoms with Gasteiger partial charge in [-0.2, -0.15) is 0 Å².